The van der Waals surface area contributed by atoms with E-state index in [2.05, 4.69) is 31.9 Å². The summed E-state index contributed by atoms with van der Waals surface area (Å²) in [6, 6.07) is -7.62. The predicted molar refractivity (Wildman–Crippen MR) is 210 cm³/mol. The minimum Gasteiger partial charge on any atom is -0.480 e. The van der Waals surface area contributed by atoms with E-state index in [1.165, 1.54) is 21.6 Å². The quantitative estimate of drug-likeness (QED) is 0.0569. The lowest BCUT2D eigenvalue weighted by Gasteiger charge is -2.31. The number of nitrogens with two attached hydrogens (primary N) is 1. The standard InChI is InChI=1S/C34H53N7O12S3/c1-16(2)26-31(48)38-22-15-56-55-11-7-6-8-19(12-24(43)39-26)53-34(52)27(17(3)4)40-32(49)28(41-30(22)47)18(5)54-14-21(29(46)36-13-25(44)45)37-23(42)10-9-20(35)33(50)51/h6,8,16-22,26-28H,7,9-15,35H2,1-5H3,(H,36,46)(H,37,42)(H,38,48)(H,39,43)(H,40,49)(H,41,47)(H,44,45)(H,50,51)/b8-6+. The molecule has 0 aromatic rings. The summed E-state index contributed by atoms with van der Waals surface area (Å²) in [6.07, 6.45) is 1.92. The Morgan fingerprint density at radius 3 is 2.18 bits per heavy atom. The highest BCUT2D eigenvalue weighted by molar-refractivity contribution is 8.76. The van der Waals surface area contributed by atoms with Gasteiger partial charge < -0.3 is 52.6 Å². The lowest BCUT2D eigenvalue weighted by Crippen LogP contribution is -2.61. The Bertz CT molecular complexity index is 1480. The van der Waals surface area contributed by atoms with Gasteiger partial charge in [0.15, 0.2) is 0 Å². The number of hydrogen-bond acceptors (Lipinski definition) is 14. The summed E-state index contributed by atoms with van der Waals surface area (Å²) in [5, 5.41) is 32.6. The van der Waals surface area contributed by atoms with Gasteiger partial charge >= 0.3 is 17.9 Å². The van der Waals surface area contributed by atoms with Gasteiger partial charge in [-0.15, -0.1) is 0 Å². The van der Waals surface area contributed by atoms with E-state index in [0.717, 1.165) is 11.8 Å². The van der Waals surface area contributed by atoms with E-state index in [1.807, 2.05) is 0 Å². The molecule has 2 rings (SSSR count). The van der Waals surface area contributed by atoms with Crippen molar-refractivity contribution in [2.75, 3.05) is 23.8 Å². The Hall–Kier alpha value is -4.02. The maximum absolute atomic E-state index is 14.1. The van der Waals surface area contributed by atoms with Crippen molar-refractivity contribution in [2.45, 2.75) is 108 Å². The minimum atomic E-state index is -1.41. The van der Waals surface area contributed by atoms with E-state index >= 15 is 0 Å². The van der Waals surface area contributed by atoms with Crippen LogP contribution in [0.5, 0.6) is 0 Å². The number of fused-ring (bicyclic) bond motifs is 7. The second kappa shape index (κ2) is 23.9. The molecule has 2 aliphatic heterocycles. The van der Waals surface area contributed by atoms with E-state index in [9.17, 15) is 43.2 Å². The van der Waals surface area contributed by atoms with Crippen molar-refractivity contribution in [2.24, 2.45) is 17.6 Å². The van der Waals surface area contributed by atoms with Gasteiger partial charge in [0, 0.05) is 28.9 Å². The van der Waals surface area contributed by atoms with Gasteiger partial charge in [-0.1, -0.05) is 62.3 Å². The number of nitrogens with one attached hydrogen (secondary N) is 6. The zero-order valence-corrected chi connectivity index (χ0v) is 34.3. The summed E-state index contributed by atoms with van der Waals surface area (Å²) in [4.78, 5) is 116. The molecule has 56 heavy (non-hydrogen) atoms. The van der Waals surface area contributed by atoms with Crippen molar-refractivity contribution in [3.05, 3.63) is 12.2 Å². The summed E-state index contributed by atoms with van der Waals surface area (Å²) in [5.41, 5.74) is 5.49. The average Bonchev–Trinajstić information content (AvgIpc) is 3.12. The van der Waals surface area contributed by atoms with Crippen molar-refractivity contribution < 1.29 is 58.1 Å². The molecule has 0 aromatic heterocycles. The molecule has 6 amide bonds. The number of carboxylic acid groups (broad SMARTS) is 2. The molecule has 0 saturated carbocycles. The van der Waals surface area contributed by atoms with E-state index in [-0.39, 0.29) is 30.8 Å². The van der Waals surface area contributed by atoms with Crippen molar-refractivity contribution in [1.29, 1.82) is 0 Å². The Labute approximate surface area is 337 Å². The zero-order valence-electron chi connectivity index (χ0n) is 31.9. The third-order valence-electron chi connectivity index (χ3n) is 8.45. The van der Waals surface area contributed by atoms with E-state index in [1.54, 1.807) is 46.8 Å². The number of thioether (sulfide) groups is 1. The highest BCUT2D eigenvalue weighted by atomic mass is 33.1. The van der Waals surface area contributed by atoms with Crippen LogP contribution in [0.4, 0.5) is 0 Å². The fourth-order valence-corrected chi connectivity index (χ4v) is 8.46. The molecule has 2 heterocycles. The summed E-state index contributed by atoms with van der Waals surface area (Å²) >= 11 is 0.945. The van der Waals surface area contributed by atoms with Crippen LogP contribution in [0, 0.1) is 11.8 Å². The van der Waals surface area contributed by atoms with Crippen LogP contribution in [-0.2, 0) is 47.9 Å². The van der Waals surface area contributed by atoms with Crippen LogP contribution < -0.4 is 37.6 Å². The molecular weight excluding hydrogens is 795 g/mol. The molecule has 1 fully saturated rings. The highest BCUT2D eigenvalue weighted by Gasteiger charge is 2.38. The number of esters is 1. The number of rotatable bonds is 14. The number of carboxylic acids is 2. The summed E-state index contributed by atoms with van der Waals surface area (Å²) in [7, 11) is 2.73. The van der Waals surface area contributed by atoms with Gasteiger partial charge in [0.2, 0.25) is 35.4 Å². The number of amides is 6. The molecule has 0 aliphatic carbocycles. The molecule has 0 radical (unpaired) electrons. The average molecular weight is 848 g/mol. The van der Waals surface area contributed by atoms with Crippen LogP contribution in [0.3, 0.4) is 0 Å². The third-order valence-corrected chi connectivity index (χ3v) is 12.2. The smallest absolute Gasteiger partial charge is 0.329 e. The summed E-state index contributed by atoms with van der Waals surface area (Å²) < 4.78 is 5.75. The predicted octanol–water partition coefficient (Wildman–Crippen LogP) is -1.11. The zero-order chi connectivity index (χ0) is 42.1. The maximum Gasteiger partial charge on any atom is 0.329 e. The van der Waals surface area contributed by atoms with Crippen molar-refractivity contribution in [3.63, 3.8) is 0 Å². The second-order valence-electron chi connectivity index (χ2n) is 13.8. The summed E-state index contributed by atoms with van der Waals surface area (Å²) in [6.45, 7) is 7.52. The first-order valence-corrected chi connectivity index (χ1v) is 21.5. The first kappa shape index (κ1) is 48.1. The SMILES string of the molecule is CC(C)C1NC(=O)CC2/C=C/CCSSCC(NC1=O)C(=O)NC(C(C)SCC(NC(=O)CCC(N)C(=O)O)C(=O)NCC(=O)O)C(=O)NC(C(C)C)C(=O)O2. The molecule has 2 bridgehead atoms. The van der Waals surface area contributed by atoms with Crippen LogP contribution in [-0.4, -0.2) is 135 Å². The van der Waals surface area contributed by atoms with Gasteiger partial charge in [0.05, 0.1) is 6.42 Å². The van der Waals surface area contributed by atoms with Gasteiger partial charge in [-0.2, -0.15) is 11.8 Å². The second-order valence-corrected chi connectivity index (χ2v) is 17.9. The number of carbonyl (C=O) groups excluding carboxylic acids is 7. The number of aliphatic carboxylic acids is 2. The van der Waals surface area contributed by atoms with Crippen LogP contribution in [0.15, 0.2) is 12.2 Å². The van der Waals surface area contributed by atoms with Crippen molar-refractivity contribution in [3.8, 4) is 0 Å². The van der Waals surface area contributed by atoms with Gasteiger partial charge in [-0.3, -0.25) is 38.4 Å². The molecule has 10 N–H and O–H groups in total. The van der Waals surface area contributed by atoms with Crippen molar-refractivity contribution >= 4 is 86.7 Å². The fraction of sp³-hybridized carbons (Fsp3) is 0.676. The van der Waals surface area contributed by atoms with Crippen LogP contribution in [0.1, 0.15) is 60.3 Å². The molecule has 8 atom stereocenters. The van der Waals surface area contributed by atoms with E-state index in [4.69, 9.17) is 20.7 Å². The molecule has 19 nitrogen and oxygen atoms in total. The molecular formula is C34H53N7O12S3. The lowest BCUT2D eigenvalue weighted by molar-refractivity contribution is -0.153. The Morgan fingerprint density at radius 2 is 1.55 bits per heavy atom. The fourth-order valence-electron chi connectivity index (χ4n) is 5.19. The summed E-state index contributed by atoms with van der Waals surface area (Å²) in [5.74, 6) is -8.50. The van der Waals surface area contributed by atoms with Crippen molar-refractivity contribution in [1.82, 2.24) is 31.9 Å². The van der Waals surface area contributed by atoms with E-state index in [0.29, 0.717) is 12.2 Å². The van der Waals surface area contributed by atoms with Gasteiger partial charge in [0.25, 0.3) is 0 Å². The topological polar surface area (TPSA) is 302 Å². The van der Waals surface area contributed by atoms with Gasteiger partial charge in [0.1, 0.15) is 48.9 Å². The monoisotopic (exact) mass is 847 g/mol. The largest absolute Gasteiger partial charge is 0.480 e. The number of ether oxygens (including phenoxy) is 1. The molecule has 22 heteroatoms. The number of hydrogen-bond donors (Lipinski definition) is 9. The normalized spacial score (nSPS) is 25.2. The Morgan fingerprint density at radius 1 is 0.911 bits per heavy atom. The number of carbonyl (C=O) groups is 9. The van der Waals surface area contributed by atoms with Gasteiger partial charge in [-0.05, 0) is 30.8 Å². The number of allylic oxidation sites excluding steroid dienone is 1. The first-order valence-electron chi connectivity index (χ1n) is 18.0. The van der Waals surface area contributed by atoms with Crippen LogP contribution in [0.25, 0.3) is 0 Å². The first-order chi connectivity index (χ1) is 26.3. The molecule has 0 aromatic carbocycles. The lowest BCUT2D eigenvalue weighted by atomic mass is 10.0. The highest BCUT2D eigenvalue weighted by Crippen LogP contribution is 2.25. The molecule has 0 spiro atoms. The molecule has 8 unspecified atom stereocenters. The molecule has 2 aliphatic rings. The van der Waals surface area contributed by atoms with Crippen LogP contribution >= 0.6 is 33.3 Å². The minimum absolute atomic E-state index is 0.0722. The Balaban J connectivity index is 2.53. The third kappa shape index (κ3) is 16.6. The van der Waals surface area contributed by atoms with E-state index < -0.39 is 119 Å². The Kier molecular flexibility index (Phi) is 20.5. The molecule has 1 saturated heterocycles. The van der Waals surface area contributed by atoms with Gasteiger partial charge in [-0.25, -0.2) is 4.79 Å². The van der Waals surface area contributed by atoms with Crippen LogP contribution in [0.2, 0.25) is 0 Å². The molecule has 314 valence electrons. The maximum atomic E-state index is 14.1.